The summed E-state index contributed by atoms with van der Waals surface area (Å²) in [6.07, 6.45) is 6.52. The van der Waals surface area contributed by atoms with Crippen LogP contribution in [0.25, 0.3) is 5.69 Å². The highest BCUT2D eigenvalue weighted by Crippen LogP contribution is 2.09. The smallest absolute Gasteiger partial charge is 0.237 e. The third-order valence-corrected chi connectivity index (χ3v) is 2.63. The highest BCUT2D eigenvalue weighted by molar-refractivity contribution is 5.31. The maximum Gasteiger partial charge on any atom is 0.261 e. The van der Waals surface area contributed by atoms with Crippen molar-refractivity contribution >= 4 is 0 Å². The summed E-state index contributed by atoms with van der Waals surface area (Å²) in [4.78, 5) is 0. The molecule has 0 bridgehead atoms. The molecule has 0 aliphatic rings. The Kier molecular flexibility index (Phi) is 2.86. The Morgan fingerprint density at radius 3 is 2.60 bits per heavy atom. The molecule has 78 valence electrons. The first-order chi connectivity index (χ1) is 7.33. The van der Waals surface area contributed by atoms with Gasteiger partial charge < -0.3 is 0 Å². The van der Waals surface area contributed by atoms with Gasteiger partial charge in [0, 0.05) is 6.42 Å². The van der Waals surface area contributed by atoms with Gasteiger partial charge in [-0.15, -0.1) is 0 Å². The first kappa shape index (κ1) is 9.97. The van der Waals surface area contributed by atoms with Crippen LogP contribution in [0.15, 0.2) is 42.7 Å². The summed E-state index contributed by atoms with van der Waals surface area (Å²) >= 11 is 0. The molecule has 0 saturated carbocycles. The Balaban J connectivity index is 2.44. The predicted octanol–water partition coefficient (Wildman–Crippen LogP) is 2.25. The summed E-state index contributed by atoms with van der Waals surface area (Å²) in [6, 6.07) is 10.5. The van der Waals surface area contributed by atoms with Crippen LogP contribution in [0.4, 0.5) is 0 Å². The Labute approximate surface area is 90.8 Å². The number of benzene rings is 1. The number of hydrogen-bond donors (Lipinski definition) is 0. The van der Waals surface area contributed by atoms with Crippen LogP contribution < -0.4 is 4.57 Å². The summed E-state index contributed by atoms with van der Waals surface area (Å²) < 4.78 is 4.44. The molecule has 0 fully saturated rings. The molecular weight excluding hydrogens is 184 g/mol. The van der Waals surface area contributed by atoms with Crippen molar-refractivity contribution in [2.75, 3.05) is 0 Å². The fourth-order valence-corrected chi connectivity index (χ4v) is 1.85. The first-order valence-corrected chi connectivity index (χ1v) is 5.44. The van der Waals surface area contributed by atoms with Crippen LogP contribution in [-0.2, 0) is 13.5 Å². The van der Waals surface area contributed by atoms with E-state index in [1.165, 1.54) is 17.9 Å². The Morgan fingerprint density at radius 2 is 1.93 bits per heavy atom. The molecule has 2 rings (SSSR count). The third kappa shape index (κ3) is 1.94. The maximum absolute atomic E-state index is 2.25. The minimum Gasteiger partial charge on any atom is -0.237 e. The van der Waals surface area contributed by atoms with Gasteiger partial charge >= 0.3 is 0 Å². The highest BCUT2D eigenvalue weighted by Gasteiger charge is 2.14. The van der Waals surface area contributed by atoms with Crippen LogP contribution in [0.2, 0.25) is 0 Å². The van der Waals surface area contributed by atoms with E-state index < -0.39 is 0 Å². The van der Waals surface area contributed by atoms with Crippen LogP contribution in [0, 0.1) is 0 Å². The van der Waals surface area contributed by atoms with Crippen molar-refractivity contribution in [3.8, 4) is 5.69 Å². The molecule has 0 saturated heterocycles. The average Bonchev–Trinajstić information content (AvgIpc) is 2.63. The van der Waals surface area contributed by atoms with Gasteiger partial charge in [-0.25, -0.2) is 4.57 Å². The number of para-hydroxylation sites is 1. The molecule has 1 aromatic carbocycles. The monoisotopic (exact) mass is 201 g/mol. The number of imidazole rings is 1. The molecule has 2 nitrogen and oxygen atoms in total. The van der Waals surface area contributed by atoms with Crippen LogP contribution in [0.1, 0.15) is 19.2 Å². The van der Waals surface area contributed by atoms with Crippen molar-refractivity contribution in [2.45, 2.75) is 19.8 Å². The SMILES string of the molecule is CCCc1n(-c2ccccc2)cc[n+]1C. The fraction of sp³-hybridized carbons (Fsp3) is 0.308. The van der Waals surface area contributed by atoms with E-state index in [0.29, 0.717) is 0 Å². The molecule has 1 heterocycles. The van der Waals surface area contributed by atoms with Gasteiger partial charge in [-0.2, -0.15) is 4.57 Å². The molecule has 0 aliphatic carbocycles. The lowest BCUT2D eigenvalue weighted by Crippen LogP contribution is -2.31. The Morgan fingerprint density at radius 1 is 1.20 bits per heavy atom. The van der Waals surface area contributed by atoms with Crippen LogP contribution in [-0.4, -0.2) is 4.57 Å². The first-order valence-electron chi connectivity index (χ1n) is 5.44. The average molecular weight is 201 g/mol. The van der Waals surface area contributed by atoms with Crippen molar-refractivity contribution in [3.05, 3.63) is 48.5 Å². The van der Waals surface area contributed by atoms with E-state index in [4.69, 9.17) is 0 Å². The van der Waals surface area contributed by atoms with E-state index in [1.807, 2.05) is 6.07 Å². The number of hydrogen-bond acceptors (Lipinski definition) is 0. The lowest BCUT2D eigenvalue weighted by molar-refractivity contribution is -0.678. The standard InChI is InChI=1S/C13H17N2/c1-3-7-13-14(2)10-11-15(13)12-8-5-4-6-9-12/h4-6,8-11H,3,7H2,1-2H3/q+1. The zero-order valence-electron chi connectivity index (χ0n) is 9.35. The van der Waals surface area contributed by atoms with Crippen LogP contribution in [0.5, 0.6) is 0 Å². The molecule has 0 atom stereocenters. The van der Waals surface area contributed by atoms with Gasteiger partial charge in [-0.3, -0.25) is 0 Å². The van der Waals surface area contributed by atoms with Gasteiger partial charge in [0.1, 0.15) is 18.1 Å². The van der Waals surface area contributed by atoms with Crippen molar-refractivity contribution in [3.63, 3.8) is 0 Å². The van der Waals surface area contributed by atoms with Gasteiger partial charge in [-0.05, 0) is 18.6 Å². The van der Waals surface area contributed by atoms with Crippen LogP contribution in [0.3, 0.4) is 0 Å². The summed E-state index contributed by atoms with van der Waals surface area (Å²) in [5, 5.41) is 0. The molecule has 2 aromatic rings. The van der Waals surface area contributed by atoms with E-state index in [2.05, 4.69) is 59.8 Å². The molecule has 0 N–H and O–H groups in total. The van der Waals surface area contributed by atoms with E-state index in [9.17, 15) is 0 Å². The quantitative estimate of drug-likeness (QED) is 0.673. The van der Waals surface area contributed by atoms with Crippen molar-refractivity contribution in [1.82, 2.24) is 4.57 Å². The number of aromatic nitrogens is 2. The van der Waals surface area contributed by atoms with E-state index in [1.54, 1.807) is 0 Å². The van der Waals surface area contributed by atoms with Gasteiger partial charge in [-0.1, -0.05) is 25.1 Å². The Hall–Kier alpha value is -1.57. The predicted molar refractivity (Wildman–Crippen MR) is 60.9 cm³/mol. The lowest BCUT2D eigenvalue weighted by atomic mass is 10.3. The zero-order chi connectivity index (χ0) is 10.7. The van der Waals surface area contributed by atoms with Gasteiger partial charge in [0.25, 0.3) is 5.82 Å². The largest absolute Gasteiger partial charge is 0.261 e. The molecule has 0 unspecified atom stereocenters. The molecule has 0 amide bonds. The summed E-state index contributed by atoms with van der Waals surface area (Å²) in [6.45, 7) is 2.21. The van der Waals surface area contributed by atoms with Crippen molar-refractivity contribution in [2.24, 2.45) is 7.05 Å². The van der Waals surface area contributed by atoms with Crippen LogP contribution >= 0.6 is 0 Å². The second kappa shape index (κ2) is 4.30. The van der Waals surface area contributed by atoms with Gasteiger partial charge in [0.2, 0.25) is 0 Å². The number of rotatable bonds is 3. The normalized spacial score (nSPS) is 10.5. The fourth-order valence-electron chi connectivity index (χ4n) is 1.85. The lowest BCUT2D eigenvalue weighted by Gasteiger charge is -2.00. The van der Waals surface area contributed by atoms with E-state index in [-0.39, 0.29) is 0 Å². The summed E-state index contributed by atoms with van der Waals surface area (Å²) in [5.74, 6) is 1.35. The van der Waals surface area contributed by atoms with Crippen molar-refractivity contribution in [1.29, 1.82) is 0 Å². The molecular formula is C13H17N2+. The van der Waals surface area contributed by atoms with Gasteiger partial charge in [0.05, 0.1) is 7.05 Å². The summed E-state index contributed by atoms with van der Waals surface area (Å²) in [5.41, 5.74) is 1.24. The van der Waals surface area contributed by atoms with Crippen molar-refractivity contribution < 1.29 is 4.57 Å². The second-order valence-corrected chi connectivity index (χ2v) is 3.78. The highest BCUT2D eigenvalue weighted by atomic mass is 15.1. The third-order valence-electron chi connectivity index (χ3n) is 2.63. The maximum atomic E-state index is 2.25. The van der Waals surface area contributed by atoms with E-state index >= 15 is 0 Å². The zero-order valence-corrected chi connectivity index (χ0v) is 9.35. The minimum absolute atomic E-state index is 1.11. The minimum atomic E-state index is 1.11. The molecule has 0 spiro atoms. The topological polar surface area (TPSA) is 8.81 Å². The molecule has 0 aliphatic heterocycles. The van der Waals surface area contributed by atoms with E-state index in [0.717, 1.165) is 6.42 Å². The molecule has 2 heteroatoms. The molecule has 15 heavy (non-hydrogen) atoms. The number of nitrogens with zero attached hydrogens (tertiary/aromatic N) is 2. The van der Waals surface area contributed by atoms with Gasteiger partial charge in [0.15, 0.2) is 0 Å². The Bertz CT molecular complexity index is 429. The second-order valence-electron chi connectivity index (χ2n) is 3.78. The molecule has 1 aromatic heterocycles. The number of aryl methyl sites for hydroxylation is 1. The summed E-state index contributed by atoms with van der Waals surface area (Å²) in [7, 11) is 2.10. The molecule has 0 radical (unpaired) electrons.